The van der Waals surface area contributed by atoms with E-state index >= 15 is 0 Å². The van der Waals surface area contributed by atoms with Crippen LogP contribution in [0, 0.1) is 0 Å². The molecule has 0 bridgehead atoms. The van der Waals surface area contributed by atoms with Crippen molar-refractivity contribution in [3.05, 3.63) is 48.2 Å². The summed E-state index contributed by atoms with van der Waals surface area (Å²) in [7, 11) is 0. The van der Waals surface area contributed by atoms with Crippen LogP contribution in [0.5, 0.6) is 0 Å². The van der Waals surface area contributed by atoms with E-state index in [4.69, 9.17) is 4.74 Å². The van der Waals surface area contributed by atoms with Crippen molar-refractivity contribution in [2.24, 2.45) is 0 Å². The SMILES string of the molecule is C=COC(=O)c1ccccc1C(=O)OCCCC. The van der Waals surface area contributed by atoms with Crippen molar-refractivity contribution in [2.45, 2.75) is 19.8 Å². The second-order valence-electron chi connectivity index (χ2n) is 3.61. The number of hydrogen-bond donors (Lipinski definition) is 0. The third-order valence-electron chi connectivity index (χ3n) is 2.29. The van der Waals surface area contributed by atoms with Crippen LogP contribution < -0.4 is 0 Å². The fraction of sp³-hybridized carbons (Fsp3) is 0.286. The van der Waals surface area contributed by atoms with Crippen LogP contribution in [0.15, 0.2) is 37.1 Å². The lowest BCUT2D eigenvalue weighted by atomic mass is 10.1. The van der Waals surface area contributed by atoms with Crippen LogP contribution in [0.4, 0.5) is 0 Å². The first-order chi connectivity index (χ1) is 8.70. The van der Waals surface area contributed by atoms with Crippen molar-refractivity contribution in [1.82, 2.24) is 0 Å². The summed E-state index contributed by atoms with van der Waals surface area (Å²) in [6.07, 6.45) is 2.76. The van der Waals surface area contributed by atoms with Crippen molar-refractivity contribution in [3.63, 3.8) is 0 Å². The van der Waals surface area contributed by atoms with Crippen molar-refractivity contribution in [1.29, 1.82) is 0 Å². The molecule has 1 rings (SSSR count). The smallest absolute Gasteiger partial charge is 0.343 e. The summed E-state index contributed by atoms with van der Waals surface area (Å²) in [5, 5.41) is 0. The molecule has 96 valence electrons. The average molecular weight is 248 g/mol. The van der Waals surface area contributed by atoms with Gasteiger partial charge in [-0.15, -0.1) is 0 Å². The molecule has 0 amide bonds. The summed E-state index contributed by atoms with van der Waals surface area (Å²) >= 11 is 0. The number of carbonyl (C=O) groups excluding carboxylic acids is 2. The molecule has 0 heterocycles. The zero-order chi connectivity index (χ0) is 13.4. The van der Waals surface area contributed by atoms with E-state index in [1.165, 1.54) is 12.1 Å². The van der Waals surface area contributed by atoms with Gasteiger partial charge in [0, 0.05) is 0 Å². The van der Waals surface area contributed by atoms with E-state index in [2.05, 4.69) is 11.3 Å². The Kier molecular flexibility index (Phi) is 5.64. The molecule has 0 aliphatic heterocycles. The molecule has 0 spiro atoms. The maximum absolute atomic E-state index is 11.8. The van der Waals surface area contributed by atoms with Crippen LogP contribution in [0.25, 0.3) is 0 Å². The zero-order valence-corrected chi connectivity index (χ0v) is 10.3. The zero-order valence-electron chi connectivity index (χ0n) is 10.3. The van der Waals surface area contributed by atoms with Gasteiger partial charge >= 0.3 is 11.9 Å². The Morgan fingerprint density at radius 1 is 1.22 bits per heavy atom. The number of rotatable bonds is 6. The number of esters is 2. The highest BCUT2D eigenvalue weighted by atomic mass is 16.5. The highest BCUT2D eigenvalue weighted by molar-refractivity contribution is 6.03. The first kappa shape index (κ1) is 14.0. The van der Waals surface area contributed by atoms with Gasteiger partial charge in [0.15, 0.2) is 0 Å². The van der Waals surface area contributed by atoms with Crippen LogP contribution in [0.1, 0.15) is 40.5 Å². The molecule has 0 aliphatic rings. The molecule has 4 nitrogen and oxygen atoms in total. The maximum atomic E-state index is 11.8. The predicted octanol–water partition coefficient (Wildman–Crippen LogP) is 2.94. The number of hydrogen-bond acceptors (Lipinski definition) is 4. The van der Waals surface area contributed by atoms with E-state index in [1.54, 1.807) is 12.1 Å². The highest BCUT2D eigenvalue weighted by Crippen LogP contribution is 2.12. The molecule has 0 saturated carbocycles. The lowest BCUT2D eigenvalue weighted by Crippen LogP contribution is -2.13. The monoisotopic (exact) mass is 248 g/mol. The van der Waals surface area contributed by atoms with Gasteiger partial charge < -0.3 is 9.47 Å². The van der Waals surface area contributed by atoms with Crippen molar-refractivity contribution in [2.75, 3.05) is 6.61 Å². The van der Waals surface area contributed by atoms with E-state index in [0.717, 1.165) is 19.1 Å². The van der Waals surface area contributed by atoms with Crippen LogP contribution in [0.3, 0.4) is 0 Å². The highest BCUT2D eigenvalue weighted by Gasteiger charge is 2.18. The molecule has 0 saturated heterocycles. The lowest BCUT2D eigenvalue weighted by molar-refractivity contribution is 0.0487. The van der Waals surface area contributed by atoms with Gasteiger partial charge in [0.05, 0.1) is 24.0 Å². The summed E-state index contributed by atoms with van der Waals surface area (Å²) in [6, 6.07) is 6.37. The van der Waals surface area contributed by atoms with E-state index in [-0.39, 0.29) is 11.1 Å². The first-order valence-electron chi connectivity index (χ1n) is 5.78. The van der Waals surface area contributed by atoms with Crippen LogP contribution in [0.2, 0.25) is 0 Å². The Hall–Kier alpha value is -2.10. The predicted molar refractivity (Wildman–Crippen MR) is 67.2 cm³/mol. The summed E-state index contributed by atoms with van der Waals surface area (Å²) in [6.45, 7) is 5.65. The van der Waals surface area contributed by atoms with E-state index in [9.17, 15) is 9.59 Å². The van der Waals surface area contributed by atoms with E-state index in [0.29, 0.717) is 6.61 Å². The van der Waals surface area contributed by atoms with E-state index < -0.39 is 11.9 Å². The molecule has 1 aromatic rings. The molecule has 0 aromatic heterocycles. The van der Waals surface area contributed by atoms with E-state index in [1.807, 2.05) is 6.92 Å². The Bertz CT molecular complexity index is 437. The summed E-state index contributed by atoms with van der Waals surface area (Å²) < 4.78 is 9.73. The average Bonchev–Trinajstić information content (AvgIpc) is 2.39. The van der Waals surface area contributed by atoms with Gasteiger partial charge in [0.1, 0.15) is 0 Å². The minimum atomic E-state index is -0.618. The van der Waals surface area contributed by atoms with Gasteiger partial charge in [-0.1, -0.05) is 32.1 Å². The topological polar surface area (TPSA) is 52.6 Å². The molecular formula is C14H16O4. The van der Waals surface area contributed by atoms with Crippen molar-refractivity contribution >= 4 is 11.9 Å². The molecule has 18 heavy (non-hydrogen) atoms. The number of ether oxygens (including phenoxy) is 2. The fourth-order valence-electron chi connectivity index (χ4n) is 1.37. The number of benzene rings is 1. The quantitative estimate of drug-likeness (QED) is 0.441. The molecule has 0 N–H and O–H groups in total. The maximum Gasteiger partial charge on any atom is 0.343 e. The molecule has 0 aliphatic carbocycles. The normalized spacial score (nSPS) is 9.61. The molecule has 1 aromatic carbocycles. The molecule has 0 atom stereocenters. The second-order valence-corrected chi connectivity index (χ2v) is 3.61. The second kappa shape index (κ2) is 7.27. The van der Waals surface area contributed by atoms with Crippen molar-refractivity contribution in [3.8, 4) is 0 Å². The first-order valence-corrected chi connectivity index (χ1v) is 5.78. The Balaban J connectivity index is 2.84. The van der Waals surface area contributed by atoms with Crippen LogP contribution in [-0.4, -0.2) is 18.5 Å². The third kappa shape index (κ3) is 3.73. The Morgan fingerprint density at radius 2 is 1.83 bits per heavy atom. The molecule has 4 heteroatoms. The largest absolute Gasteiger partial charge is 0.462 e. The molecular weight excluding hydrogens is 232 g/mol. The standard InChI is InChI=1S/C14H16O4/c1-3-5-10-18-14(16)12-9-7-6-8-11(12)13(15)17-4-2/h4,6-9H,2-3,5,10H2,1H3. The van der Waals surface area contributed by atoms with Gasteiger partial charge in [0.2, 0.25) is 0 Å². The van der Waals surface area contributed by atoms with Crippen molar-refractivity contribution < 1.29 is 19.1 Å². The fourth-order valence-corrected chi connectivity index (χ4v) is 1.37. The van der Waals surface area contributed by atoms with Crippen LogP contribution in [-0.2, 0) is 9.47 Å². The summed E-state index contributed by atoms with van der Waals surface area (Å²) in [5.41, 5.74) is 0.388. The van der Waals surface area contributed by atoms with Gasteiger partial charge in [0.25, 0.3) is 0 Å². The summed E-state index contributed by atoms with van der Waals surface area (Å²) in [5.74, 6) is -1.13. The van der Waals surface area contributed by atoms with Gasteiger partial charge in [-0.2, -0.15) is 0 Å². The summed E-state index contributed by atoms with van der Waals surface area (Å²) in [4.78, 5) is 23.4. The minimum Gasteiger partial charge on any atom is -0.462 e. The Labute approximate surface area is 106 Å². The Morgan fingerprint density at radius 3 is 2.39 bits per heavy atom. The van der Waals surface area contributed by atoms with Gasteiger partial charge in [-0.05, 0) is 18.6 Å². The molecule has 0 fully saturated rings. The number of carbonyl (C=O) groups is 2. The third-order valence-corrected chi connectivity index (χ3v) is 2.29. The van der Waals surface area contributed by atoms with Gasteiger partial charge in [-0.25, -0.2) is 9.59 Å². The van der Waals surface area contributed by atoms with Gasteiger partial charge in [-0.3, -0.25) is 0 Å². The lowest BCUT2D eigenvalue weighted by Gasteiger charge is -2.07. The molecule has 0 unspecified atom stereocenters. The van der Waals surface area contributed by atoms with Crippen LogP contribution >= 0.6 is 0 Å². The minimum absolute atomic E-state index is 0.180. The number of unbranched alkanes of at least 4 members (excludes halogenated alkanes) is 1. The molecule has 0 radical (unpaired) electrons.